The van der Waals surface area contributed by atoms with Crippen molar-refractivity contribution in [2.75, 3.05) is 11.5 Å². The number of sulfone groups is 1. The van der Waals surface area contributed by atoms with E-state index in [1.54, 1.807) is 19.9 Å². The number of aromatic nitrogens is 2. The van der Waals surface area contributed by atoms with Crippen molar-refractivity contribution >= 4 is 15.7 Å². The van der Waals surface area contributed by atoms with Crippen molar-refractivity contribution in [1.29, 1.82) is 0 Å². The Morgan fingerprint density at radius 3 is 2.47 bits per heavy atom. The number of amides is 1. The molecule has 1 aliphatic rings. The van der Waals surface area contributed by atoms with Crippen molar-refractivity contribution in [3.8, 4) is 0 Å². The SMILES string of the molecule is Cc1cc(C(=O)NC2CCS(=O)(=O)CC2)nc(C)n1. The predicted octanol–water partition coefficient (Wildman–Crippen LogP) is 0.400. The summed E-state index contributed by atoms with van der Waals surface area (Å²) >= 11 is 0. The molecule has 7 heteroatoms. The van der Waals surface area contributed by atoms with E-state index in [2.05, 4.69) is 15.3 Å². The minimum absolute atomic E-state index is 0.0911. The molecule has 0 atom stereocenters. The lowest BCUT2D eigenvalue weighted by Crippen LogP contribution is -2.41. The molecule has 19 heavy (non-hydrogen) atoms. The molecule has 1 fully saturated rings. The highest BCUT2D eigenvalue weighted by molar-refractivity contribution is 7.91. The number of nitrogens with one attached hydrogen (secondary N) is 1. The van der Waals surface area contributed by atoms with Crippen LogP contribution in [0.25, 0.3) is 0 Å². The number of hydrogen-bond acceptors (Lipinski definition) is 5. The van der Waals surface area contributed by atoms with Gasteiger partial charge in [-0.1, -0.05) is 0 Å². The molecule has 0 saturated carbocycles. The number of rotatable bonds is 2. The topological polar surface area (TPSA) is 89.0 Å². The summed E-state index contributed by atoms with van der Waals surface area (Å²) in [4.78, 5) is 20.2. The Balaban J connectivity index is 2.02. The van der Waals surface area contributed by atoms with Gasteiger partial charge in [-0.05, 0) is 32.8 Å². The second-order valence-corrected chi connectivity index (χ2v) is 7.14. The number of carbonyl (C=O) groups is 1. The van der Waals surface area contributed by atoms with Gasteiger partial charge in [0.15, 0.2) is 0 Å². The van der Waals surface area contributed by atoms with Crippen LogP contribution < -0.4 is 5.32 Å². The van der Waals surface area contributed by atoms with Gasteiger partial charge in [-0.2, -0.15) is 0 Å². The molecule has 0 aromatic carbocycles. The number of nitrogens with zero attached hydrogens (tertiary/aromatic N) is 2. The maximum atomic E-state index is 12.0. The van der Waals surface area contributed by atoms with Crippen LogP contribution in [0.2, 0.25) is 0 Å². The van der Waals surface area contributed by atoms with Gasteiger partial charge in [-0.25, -0.2) is 18.4 Å². The van der Waals surface area contributed by atoms with Crippen LogP contribution in [-0.2, 0) is 9.84 Å². The molecule has 6 nitrogen and oxygen atoms in total. The third-order valence-electron chi connectivity index (χ3n) is 3.09. The predicted molar refractivity (Wildman–Crippen MR) is 70.6 cm³/mol. The van der Waals surface area contributed by atoms with Crippen LogP contribution in [0, 0.1) is 13.8 Å². The summed E-state index contributed by atoms with van der Waals surface area (Å²) in [6, 6.07) is 1.54. The highest BCUT2D eigenvalue weighted by Crippen LogP contribution is 2.12. The zero-order chi connectivity index (χ0) is 14.0. The van der Waals surface area contributed by atoms with E-state index < -0.39 is 9.84 Å². The second kappa shape index (κ2) is 5.24. The lowest BCUT2D eigenvalue weighted by molar-refractivity contribution is 0.0928. The maximum absolute atomic E-state index is 12.0. The van der Waals surface area contributed by atoms with E-state index in [0.29, 0.717) is 24.4 Å². The van der Waals surface area contributed by atoms with Gasteiger partial charge >= 0.3 is 0 Å². The second-order valence-electron chi connectivity index (χ2n) is 4.84. The summed E-state index contributed by atoms with van der Waals surface area (Å²) in [5, 5.41) is 2.83. The minimum atomic E-state index is -2.91. The normalized spacial score (nSPS) is 19.1. The molecule has 1 aliphatic heterocycles. The Bertz CT molecular complexity index is 564. The molecule has 0 bridgehead atoms. The molecule has 0 spiro atoms. The number of carbonyl (C=O) groups excluding carboxylic acids is 1. The minimum Gasteiger partial charge on any atom is -0.348 e. The fourth-order valence-corrected chi connectivity index (χ4v) is 3.62. The fourth-order valence-electron chi connectivity index (χ4n) is 2.13. The first-order valence-electron chi connectivity index (χ1n) is 6.19. The molecule has 1 aromatic heterocycles. The van der Waals surface area contributed by atoms with E-state index >= 15 is 0 Å². The van der Waals surface area contributed by atoms with E-state index in [9.17, 15) is 13.2 Å². The Hall–Kier alpha value is -1.50. The number of hydrogen-bond donors (Lipinski definition) is 1. The molecule has 0 unspecified atom stereocenters. The van der Waals surface area contributed by atoms with Crippen molar-refractivity contribution in [2.24, 2.45) is 0 Å². The Labute approximate surface area is 112 Å². The van der Waals surface area contributed by atoms with Gasteiger partial charge in [0.25, 0.3) is 5.91 Å². The summed E-state index contributed by atoms with van der Waals surface area (Å²) < 4.78 is 22.6. The first-order chi connectivity index (χ1) is 8.85. The van der Waals surface area contributed by atoms with E-state index in [1.807, 2.05) is 0 Å². The maximum Gasteiger partial charge on any atom is 0.270 e. The highest BCUT2D eigenvalue weighted by Gasteiger charge is 2.25. The van der Waals surface area contributed by atoms with E-state index in [4.69, 9.17) is 0 Å². The highest BCUT2D eigenvalue weighted by atomic mass is 32.2. The summed E-state index contributed by atoms with van der Waals surface area (Å²) in [5.41, 5.74) is 1.07. The lowest BCUT2D eigenvalue weighted by atomic mass is 10.1. The summed E-state index contributed by atoms with van der Waals surface area (Å²) in [7, 11) is -2.91. The smallest absolute Gasteiger partial charge is 0.270 e. The summed E-state index contributed by atoms with van der Waals surface area (Å²) in [6.07, 6.45) is 0.939. The molecule has 2 heterocycles. The molecule has 1 amide bonds. The van der Waals surface area contributed by atoms with Crippen LogP contribution in [0.3, 0.4) is 0 Å². The third kappa shape index (κ3) is 3.73. The molecule has 104 valence electrons. The fraction of sp³-hybridized carbons (Fsp3) is 0.583. The van der Waals surface area contributed by atoms with Gasteiger partial charge in [0.05, 0.1) is 11.5 Å². The monoisotopic (exact) mass is 283 g/mol. The van der Waals surface area contributed by atoms with E-state index in [-0.39, 0.29) is 23.5 Å². The zero-order valence-corrected chi connectivity index (χ0v) is 11.8. The van der Waals surface area contributed by atoms with Gasteiger partial charge in [0.1, 0.15) is 21.4 Å². The van der Waals surface area contributed by atoms with Gasteiger partial charge in [0.2, 0.25) is 0 Å². The van der Waals surface area contributed by atoms with Crippen molar-refractivity contribution in [3.05, 3.63) is 23.3 Å². The Kier molecular flexibility index (Phi) is 3.84. The average molecular weight is 283 g/mol. The molecular formula is C12H17N3O3S. The van der Waals surface area contributed by atoms with Crippen LogP contribution in [-0.4, -0.2) is 41.8 Å². The molecule has 1 N–H and O–H groups in total. The zero-order valence-electron chi connectivity index (χ0n) is 11.0. The molecular weight excluding hydrogens is 266 g/mol. The Morgan fingerprint density at radius 2 is 1.89 bits per heavy atom. The van der Waals surface area contributed by atoms with Crippen molar-refractivity contribution < 1.29 is 13.2 Å². The standard InChI is InChI=1S/C12H17N3O3S/c1-8-7-11(14-9(2)13-8)12(16)15-10-3-5-19(17,18)6-4-10/h7,10H,3-6H2,1-2H3,(H,15,16). The third-order valence-corrected chi connectivity index (χ3v) is 4.80. The first kappa shape index (κ1) is 13.9. The molecule has 0 aliphatic carbocycles. The summed E-state index contributed by atoms with van der Waals surface area (Å²) in [5.74, 6) is 0.564. The van der Waals surface area contributed by atoms with Crippen LogP contribution >= 0.6 is 0 Å². The first-order valence-corrected chi connectivity index (χ1v) is 8.01. The van der Waals surface area contributed by atoms with Gasteiger partial charge in [-0.3, -0.25) is 4.79 Å². The van der Waals surface area contributed by atoms with Crippen LogP contribution in [0.5, 0.6) is 0 Å². The Morgan fingerprint density at radius 1 is 1.26 bits per heavy atom. The average Bonchev–Trinajstić information content (AvgIpc) is 2.30. The molecule has 1 saturated heterocycles. The van der Waals surface area contributed by atoms with Crippen LogP contribution in [0.15, 0.2) is 6.07 Å². The number of aryl methyl sites for hydroxylation is 2. The van der Waals surface area contributed by atoms with Gasteiger partial charge in [0, 0.05) is 11.7 Å². The molecule has 0 radical (unpaired) electrons. The van der Waals surface area contributed by atoms with E-state index in [0.717, 1.165) is 5.69 Å². The molecule has 2 rings (SSSR count). The lowest BCUT2D eigenvalue weighted by Gasteiger charge is -2.22. The van der Waals surface area contributed by atoms with Crippen LogP contribution in [0.1, 0.15) is 34.8 Å². The largest absolute Gasteiger partial charge is 0.348 e. The quantitative estimate of drug-likeness (QED) is 0.848. The molecule has 1 aromatic rings. The van der Waals surface area contributed by atoms with Crippen molar-refractivity contribution in [2.45, 2.75) is 32.7 Å². The van der Waals surface area contributed by atoms with Crippen molar-refractivity contribution in [1.82, 2.24) is 15.3 Å². The van der Waals surface area contributed by atoms with Crippen molar-refractivity contribution in [3.63, 3.8) is 0 Å². The van der Waals surface area contributed by atoms with E-state index in [1.165, 1.54) is 0 Å². The van der Waals surface area contributed by atoms with Crippen LogP contribution in [0.4, 0.5) is 0 Å². The summed E-state index contributed by atoms with van der Waals surface area (Å²) in [6.45, 7) is 3.54. The van der Waals surface area contributed by atoms with Gasteiger partial charge in [-0.15, -0.1) is 0 Å². The van der Waals surface area contributed by atoms with Gasteiger partial charge < -0.3 is 5.32 Å².